The summed E-state index contributed by atoms with van der Waals surface area (Å²) < 4.78 is 23.3. The number of rotatable bonds is 12. The minimum atomic E-state index is -1.91. The quantitative estimate of drug-likeness (QED) is 0.0373. The number of ether oxygens (including phenoxy) is 4. The van der Waals surface area contributed by atoms with Gasteiger partial charge in [0.2, 0.25) is 0 Å². The fraction of sp³-hybridized carbons (Fsp3) is 0.263. The molecule has 2 unspecified atom stereocenters. The molecule has 0 aliphatic heterocycles. The van der Waals surface area contributed by atoms with Gasteiger partial charge in [0, 0.05) is 19.3 Å². The SMILES string of the molecule is O=C(OCCOC(=O)C1(C(=O)OCCOC(=O)c2ccc(I)cc2[N+](=O)[O-])C23C4=CC=C5Cc6cccc(c6C512)C=C3CC4)c1ccc(I)cc1[N+](=O)[O-]. The van der Waals surface area contributed by atoms with Crippen LogP contribution in [0, 0.1) is 38.2 Å². The second-order valence-corrected chi connectivity index (χ2v) is 15.7. The summed E-state index contributed by atoms with van der Waals surface area (Å²) in [4.78, 5) is 77.0. The van der Waals surface area contributed by atoms with E-state index in [2.05, 4.69) is 0 Å². The number of benzene rings is 3. The smallest absolute Gasteiger partial charge is 0.345 e. The largest absolute Gasteiger partial charge is 0.461 e. The predicted octanol–water partition coefficient (Wildman–Crippen LogP) is 6.35. The van der Waals surface area contributed by atoms with Gasteiger partial charge in [-0.25, -0.2) is 9.59 Å². The summed E-state index contributed by atoms with van der Waals surface area (Å²) in [6.07, 6.45) is 7.68. The zero-order valence-electron chi connectivity index (χ0n) is 27.9. The lowest BCUT2D eigenvalue weighted by molar-refractivity contribution is -0.385. The molecule has 3 aromatic carbocycles. The van der Waals surface area contributed by atoms with Crippen LogP contribution in [0.15, 0.2) is 83.5 Å². The summed E-state index contributed by atoms with van der Waals surface area (Å²) >= 11 is 3.78. The predicted molar refractivity (Wildman–Crippen MR) is 204 cm³/mol. The van der Waals surface area contributed by atoms with Crippen LogP contribution in [0.3, 0.4) is 0 Å². The minimum Gasteiger partial charge on any atom is -0.461 e. The molecule has 5 aliphatic carbocycles. The van der Waals surface area contributed by atoms with Gasteiger partial charge in [0.25, 0.3) is 11.4 Å². The van der Waals surface area contributed by atoms with Crippen LogP contribution in [0.1, 0.15) is 50.2 Å². The van der Waals surface area contributed by atoms with Gasteiger partial charge in [-0.2, -0.15) is 0 Å². The molecule has 0 saturated heterocycles. The van der Waals surface area contributed by atoms with Crippen molar-refractivity contribution in [1.82, 2.24) is 0 Å². The number of nitro groups is 2. The number of nitrogens with zero attached hydrogens (tertiary/aromatic N) is 2. The second-order valence-electron chi connectivity index (χ2n) is 13.2. The molecule has 3 aromatic rings. The topological polar surface area (TPSA) is 191 Å². The molecule has 0 bridgehead atoms. The summed E-state index contributed by atoms with van der Waals surface area (Å²) in [7, 11) is 0. The van der Waals surface area contributed by atoms with Crippen molar-refractivity contribution >= 4 is 86.5 Å². The third-order valence-electron chi connectivity index (χ3n) is 11.0. The van der Waals surface area contributed by atoms with Crippen LogP contribution < -0.4 is 0 Å². The first-order chi connectivity index (χ1) is 25.9. The molecular formula is C38H26I2N2O12. The molecule has 2 spiro atoms. The lowest BCUT2D eigenvalue weighted by Gasteiger charge is -2.29. The van der Waals surface area contributed by atoms with Crippen molar-refractivity contribution in [2.75, 3.05) is 26.4 Å². The Labute approximate surface area is 333 Å². The Bertz CT molecular complexity index is 2270. The lowest BCUT2D eigenvalue weighted by Crippen LogP contribution is -2.39. The molecule has 0 N–H and O–H groups in total. The van der Waals surface area contributed by atoms with Crippen molar-refractivity contribution in [3.63, 3.8) is 0 Å². The third kappa shape index (κ3) is 4.80. The van der Waals surface area contributed by atoms with Crippen LogP contribution in [0.4, 0.5) is 11.4 Å². The van der Waals surface area contributed by atoms with E-state index < -0.39 is 87.8 Å². The molecule has 8 rings (SSSR count). The molecule has 2 atom stereocenters. The molecule has 0 heterocycles. The second kappa shape index (κ2) is 13.1. The summed E-state index contributed by atoms with van der Waals surface area (Å²) in [5.41, 5.74) is -0.125. The highest BCUT2D eigenvalue weighted by molar-refractivity contribution is 14.1. The Hall–Kier alpha value is -4.98. The number of carbonyl (C=O) groups excluding carboxylic acids is 4. The van der Waals surface area contributed by atoms with Gasteiger partial charge in [-0.3, -0.25) is 29.8 Å². The minimum absolute atomic E-state index is 0.263. The Morgan fingerprint density at radius 2 is 1.19 bits per heavy atom. The maximum absolute atomic E-state index is 14.8. The number of esters is 4. The fourth-order valence-electron chi connectivity index (χ4n) is 9.30. The highest BCUT2D eigenvalue weighted by Crippen LogP contribution is 2.93. The molecule has 274 valence electrons. The summed E-state index contributed by atoms with van der Waals surface area (Å²) in [5.74, 6) is -3.72. The number of hydrogen-bond acceptors (Lipinski definition) is 12. The van der Waals surface area contributed by atoms with E-state index in [9.17, 15) is 39.4 Å². The van der Waals surface area contributed by atoms with E-state index in [1.807, 2.05) is 81.6 Å². The highest BCUT2D eigenvalue weighted by Gasteiger charge is 3.00. The normalized spacial score (nSPS) is 21.3. The Morgan fingerprint density at radius 3 is 1.74 bits per heavy atom. The van der Waals surface area contributed by atoms with E-state index in [0.29, 0.717) is 26.4 Å². The lowest BCUT2D eigenvalue weighted by atomic mass is 9.72. The summed E-state index contributed by atoms with van der Waals surface area (Å²) in [6, 6.07) is 14.0. The average Bonchev–Trinajstić information content (AvgIpc) is 3.33. The molecule has 14 nitrogen and oxygen atoms in total. The Kier molecular flexibility index (Phi) is 8.74. The van der Waals surface area contributed by atoms with Gasteiger partial charge >= 0.3 is 23.9 Å². The first-order valence-corrected chi connectivity index (χ1v) is 18.9. The van der Waals surface area contributed by atoms with Gasteiger partial charge in [0.05, 0.1) is 20.7 Å². The maximum atomic E-state index is 14.8. The number of halogens is 2. The van der Waals surface area contributed by atoms with Gasteiger partial charge in [0.15, 0.2) is 5.41 Å². The first kappa shape index (κ1) is 36.0. The van der Waals surface area contributed by atoms with E-state index >= 15 is 0 Å². The number of nitro benzene ring substituents is 2. The van der Waals surface area contributed by atoms with Crippen LogP contribution in [-0.2, 0) is 40.4 Å². The molecule has 2 fully saturated rings. The van der Waals surface area contributed by atoms with E-state index in [1.165, 1.54) is 36.4 Å². The molecule has 54 heavy (non-hydrogen) atoms. The van der Waals surface area contributed by atoms with E-state index in [-0.39, 0.29) is 11.1 Å². The van der Waals surface area contributed by atoms with Crippen molar-refractivity contribution in [3.8, 4) is 0 Å². The molecule has 0 amide bonds. The monoisotopic (exact) mass is 956 g/mol. The zero-order valence-corrected chi connectivity index (χ0v) is 32.2. The van der Waals surface area contributed by atoms with Gasteiger partial charge in [-0.1, -0.05) is 53.1 Å². The standard InChI is InChI=1S/C38H26I2N2O12/c39-25-8-10-27(29(18-25)41(47)48)32(43)51-12-14-53-34(45)38(35(46)54-15-13-52-33(44)28-11-9-26(40)19-30(28)42(49)50)36-22-4-6-23(36)16-20-2-1-3-21-17-24(7-5-22)37(36,38)31(20)21/h1-3,5,7-11,16,18-19H,4,6,12-15,17H2. The third-order valence-corrected chi connectivity index (χ3v) is 12.3. The molecule has 0 aromatic heterocycles. The van der Waals surface area contributed by atoms with Gasteiger partial charge in [0.1, 0.15) is 37.6 Å². The molecule has 5 aliphatic rings. The van der Waals surface area contributed by atoms with Crippen molar-refractivity contribution in [1.29, 1.82) is 0 Å². The van der Waals surface area contributed by atoms with Crippen LogP contribution in [0.2, 0.25) is 0 Å². The van der Waals surface area contributed by atoms with Crippen LogP contribution >= 0.6 is 45.2 Å². The summed E-state index contributed by atoms with van der Waals surface area (Å²) in [5, 5.41) is 23.1. The van der Waals surface area contributed by atoms with Crippen LogP contribution in [-0.4, -0.2) is 60.2 Å². The van der Waals surface area contributed by atoms with Gasteiger partial charge in [-0.05, 0) is 105 Å². The Morgan fingerprint density at radius 1 is 0.667 bits per heavy atom. The number of hydrogen-bond donors (Lipinski definition) is 0. The van der Waals surface area contributed by atoms with Crippen molar-refractivity contribution in [3.05, 3.63) is 139 Å². The van der Waals surface area contributed by atoms with E-state index in [1.54, 1.807) is 0 Å². The molecular weight excluding hydrogens is 930 g/mol. The maximum Gasteiger partial charge on any atom is 0.345 e. The fourth-order valence-corrected chi connectivity index (χ4v) is 10.2. The van der Waals surface area contributed by atoms with Crippen molar-refractivity contribution in [2.45, 2.75) is 24.7 Å². The van der Waals surface area contributed by atoms with E-state index in [0.717, 1.165) is 33.4 Å². The number of carbonyl (C=O) groups is 4. The van der Waals surface area contributed by atoms with Crippen LogP contribution in [0.25, 0.3) is 6.08 Å². The van der Waals surface area contributed by atoms with Gasteiger partial charge in [-0.15, -0.1) is 0 Å². The average molecular weight is 956 g/mol. The zero-order chi connectivity index (χ0) is 38.2. The van der Waals surface area contributed by atoms with Gasteiger partial charge < -0.3 is 18.9 Å². The highest BCUT2D eigenvalue weighted by atomic mass is 127. The number of allylic oxidation sites excluding steroid dienone is 5. The molecule has 2 saturated carbocycles. The first-order valence-electron chi connectivity index (χ1n) is 16.7. The van der Waals surface area contributed by atoms with Crippen molar-refractivity contribution < 1.29 is 48.0 Å². The molecule has 0 radical (unpaired) electrons. The van der Waals surface area contributed by atoms with Crippen LogP contribution in [0.5, 0.6) is 0 Å². The van der Waals surface area contributed by atoms with E-state index in [4.69, 9.17) is 18.9 Å². The Balaban J connectivity index is 1.07. The van der Waals surface area contributed by atoms with Crippen molar-refractivity contribution in [2.24, 2.45) is 10.8 Å². The molecule has 16 heteroatoms. The summed E-state index contributed by atoms with van der Waals surface area (Å²) in [6.45, 7) is -1.81.